The normalized spacial score (nSPS) is 35.1. The molecule has 4 nitrogen and oxygen atoms in total. The van der Waals surface area contributed by atoms with Gasteiger partial charge in [-0.15, -0.1) is 0 Å². The summed E-state index contributed by atoms with van der Waals surface area (Å²) in [5, 5.41) is 0. The molecule has 2 fully saturated rings. The number of hydrogen-bond donors (Lipinski definition) is 1. The Hall–Kier alpha value is -1.84. The highest BCUT2D eigenvalue weighted by molar-refractivity contribution is 6.11. The molecular weight excluding hydrogens is 216 g/mol. The van der Waals surface area contributed by atoms with Gasteiger partial charge >= 0.3 is 0 Å². The van der Waals surface area contributed by atoms with Gasteiger partial charge in [0.15, 0.2) is 0 Å². The van der Waals surface area contributed by atoms with Crippen molar-refractivity contribution < 1.29 is 9.59 Å². The van der Waals surface area contributed by atoms with Gasteiger partial charge < -0.3 is 5.73 Å². The first-order valence-electron chi connectivity index (χ1n) is 5.65. The lowest BCUT2D eigenvalue weighted by Gasteiger charge is -2.19. The van der Waals surface area contributed by atoms with Crippen LogP contribution >= 0.6 is 0 Å². The molecule has 1 aromatic rings. The number of nitrogen functional groups attached to an aromatic ring is 1. The number of anilines is 1. The summed E-state index contributed by atoms with van der Waals surface area (Å²) in [4.78, 5) is 25.0. The zero-order chi connectivity index (χ0) is 12.4. The van der Waals surface area contributed by atoms with Crippen LogP contribution in [0.1, 0.15) is 12.5 Å². The molecule has 1 aliphatic carbocycles. The quantitative estimate of drug-likeness (QED) is 0.572. The molecule has 4 heteroatoms. The number of hydrogen-bond acceptors (Lipinski definition) is 3. The van der Waals surface area contributed by atoms with Gasteiger partial charge in [0.2, 0.25) is 11.8 Å². The maximum absolute atomic E-state index is 11.9. The van der Waals surface area contributed by atoms with Crippen LogP contribution in [0.3, 0.4) is 0 Å². The number of amides is 2. The standard InChI is InChI=1S/C13H14N2O2/c1-13(7-4-3-5-8(14)6-7)9-10(13)12(17)15(2)11(9)16/h3-6,9-10H,14H2,1-2H3. The van der Waals surface area contributed by atoms with Crippen LogP contribution in [0.4, 0.5) is 5.69 Å². The summed E-state index contributed by atoms with van der Waals surface area (Å²) in [7, 11) is 1.55. The highest BCUT2D eigenvalue weighted by Crippen LogP contribution is 2.64. The Balaban J connectivity index is 2.03. The summed E-state index contributed by atoms with van der Waals surface area (Å²) in [6.07, 6.45) is 0. The molecule has 2 N–H and O–H groups in total. The third kappa shape index (κ3) is 1.07. The third-order valence-corrected chi connectivity index (χ3v) is 4.22. The number of nitrogens with two attached hydrogens (primary N) is 1. The number of piperidine rings is 1. The maximum atomic E-state index is 11.9. The van der Waals surface area contributed by atoms with E-state index in [1.807, 2.05) is 25.1 Å². The van der Waals surface area contributed by atoms with Crippen LogP contribution in [-0.2, 0) is 15.0 Å². The lowest BCUT2D eigenvalue weighted by atomic mass is 9.91. The molecule has 1 saturated carbocycles. The highest BCUT2D eigenvalue weighted by atomic mass is 16.2. The average molecular weight is 230 g/mol. The van der Waals surface area contributed by atoms with Crippen LogP contribution in [-0.4, -0.2) is 23.8 Å². The third-order valence-electron chi connectivity index (χ3n) is 4.22. The van der Waals surface area contributed by atoms with Crippen molar-refractivity contribution in [2.45, 2.75) is 12.3 Å². The first-order chi connectivity index (χ1) is 7.98. The summed E-state index contributed by atoms with van der Waals surface area (Å²) in [5.41, 5.74) is 7.06. The summed E-state index contributed by atoms with van der Waals surface area (Å²) in [5.74, 6) is -0.515. The van der Waals surface area contributed by atoms with E-state index in [2.05, 4.69) is 0 Å². The van der Waals surface area contributed by atoms with Gasteiger partial charge in [0.25, 0.3) is 0 Å². The van der Waals surface area contributed by atoms with E-state index in [9.17, 15) is 9.59 Å². The molecule has 1 heterocycles. The number of benzene rings is 1. The van der Waals surface area contributed by atoms with Gasteiger partial charge in [-0.25, -0.2) is 0 Å². The van der Waals surface area contributed by atoms with Crippen LogP contribution in [0.5, 0.6) is 0 Å². The second-order valence-electron chi connectivity index (χ2n) is 5.10. The molecule has 2 amide bonds. The predicted molar refractivity (Wildman–Crippen MR) is 63.0 cm³/mol. The number of nitrogens with zero attached hydrogens (tertiary/aromatic N) is 1. The van der Waals surface area contributed by atoms with Crippen molar-refractivity contribution >= 4 is 17.5 Å². The first kappa shape index (κ1) is 10.3. The lowest BCUT2D eigenvalue weighted by molar-refractivity contribution is -0.140. The van der Waals surface area contributed by atoms with Gasteiger partial charge in [-0.2, -0.15) is 0 Å². The highest BCUT2D eigenvalue weighted by Gasteiger charge is 2.74. The molecule has 0 bridgehead atoms. The van der Waals surface area contributed by atoms with Crippen LogP contribution in [0, 0.1) is 11.8 Å². The Morgan fingerprint density at radius 2 is 1.82 bits per heavy atom. The summed E-state index contributed by atoms with van der Waals surface area (Å²) in [6.45, 7) is 1.97. The first-order valence-corrected chi connectivity index (χ1v) is 5.65. The predicted octanol–water partition coefficient (Wildman–Crippen LogP) is 0.771. The molecule has 2 unspecified atom stereocenters. The van der Waals surface area contributed by atoms with E-state index < -0.39 is 0 Å². The molecule has 2 atom stereocenters. The smallest absolute Gasteiger partial charge is 0.233 e. The number of likely N-dealkylation sites (tertiary alicyclic amines) is 1. The van der Waals surface area contributed by atoms with Crippen molar-refractivity contribution in [3.8, 4) is 0 Å². The number of rotatable bonds is 1. The van der Waals surface area contributed by atoms with Crippen LogP contribution < -0.4 is 5.73 Å². The van der Waals surface area contributed by atoms with Gasteiger partial charge in [-0.3, -0.25) is 14.5 Å². The van der Waals surface area contributed by atoms with Gasteiger partial charge in [0.1, 0.15) is 0 Å². The molecule has 1 saturated heterocycles. The van der Waals surface area contributed by atoms with E-state index in [4.69, 9.17) is 5.73 Å². The van der Waals surface area contributed by atoms with Gasteiger partial charge in [-0.05, 0) is 17.7 Å². The van der Waals surface area contributed by atoms with Gasteiger partial charge in [-0.1, -0.05) is 19.1 Å². The minimum atomic E-state index is -0.351. The summed E-state index contributed by atoms with van der Waals surface area (Å²) in [6, 6.07) is 7.47. The van der Waals surface area contributed by atoms with E-state index in [0.717, 1.165) is 5.56 Å². The number of carbonyl (C=O) groups excluding carboxylic acids is 2. The molecule has 1 aliphatic heterocycles. The SMILES string of the molecule is CN1C(=O)C2C(C1=O)C2(C)c1cccc(N)c1. The zero-order valence-electron chi connectivity index (χ0n) is 9.81. The largest absolute Gasteiger partial charge is 0.399 e. The second kappa shape index (κ2) is 2.88. The fourth-order valence-corrected chi connectivity index (χ4v) is 3.07. The minimum absolute atomic E-state index is 0.0649. The number of carbonyl (C=O) groups is 2. The summed E-state index contributed by atoms with van der Waals surface area (Å²) < 4.78 is 0. The number of imide groups is 1. The Kier molecular flexibility index (Phi) is 1.75. The van der Waals surface area contributed by atoms with E-state index in [1.54, 1.807) is 13.1 Å². The Bertz CT molecular complexity index is 516. The maximum Gasteiger partial charge on any atom is 0.233 e. The molecule has 17 heavy (non-hydrogen) atoms. The van der Waals surface area contributed by atoms with Crippen LogP contribution in [0.15, 0.2) is 24.3 Å². The molecule has 0 radical (unpaired) electrons. The molecule has 2 aliphatic rings. The molecule has 1 aromatic carbocycles. The van der Waals surface area contributed by atoms with E-state index >= 15 is 0 Å². The van der Waals surface area contributed by atoms with Crippen molar-refractivity contribution in [3.63, 3.8) is 0 Å². The topological polar surface area (TPSA) is 63.4 Å². The Morgan fingerprint density at radius 1 is 1.24 bits per heavy atom. The lowest BCUT2D eigenvalue weighted by Crippen LogP contribution is -2.34. The second-order valence-corrected chi connectivity index (χ2v) is 5.10. The van der Waals surface area contributed by atoms with Gasteiger partial charge in [0, 0.05) is 18.2 Å². The molecule has 0 aromatic heterocycles. The van der Waals surface area contributed by atoms with E-state index in [-0.39, 0.29) is 29.1 Å². The Morgan fingerprint density at radius 3 is 2.35 bits per heavy atom. The fourth-order valence-electron chi connectivity index (χ4n) is 3.07. The van der Waals surface area contributed by atoms with Crippen molar-refractivity contribution in [2.24, 2.45) is 11.8 Å². The summed E-state index contributed by atoms with van der Waals surface area (Å²) >= 11 is 0. The van der Waals surface area contributed by atoms with E-state index in [1.165, 1.54) is 4.90 Å². The molecule has 88 valence electrons. The van der Waals surface area contributed by atoms with E-state index in [0.29, 0.717) is 5.69 Å². The van der Waals surface area contributed by atoms with Crippen molar-refractivity contribution in [2.75, 3.05) is 12.8 Å². The molecular formula is C13H14N2O2. The fraction of sp³-hybridized carbons (Fsp3) is 0.385. The minimum Gasteiger partial charge on any atom is -0.399 e. The van der Waals surface area contributed by atoms with Crippen molar-refractivity contribution in [3.05, 3.63) is 29.8 Å². The molecule has 3 rings (SSSR count). The van der Waals surface area contributed by atoms with Crippen LogP contribution in [0.25, 0.3) is 0 Å². The monoisotopic (exact) mass is 230 g/mol. The van der Waals surface area contributed by atoms with Crippen molar-refractivity contribution in [1.82, 2.24) is 4.90 Å². The van der Waals surface area contributed by atoms with Crippen LogP contribution in [0.2, 0.25) is 0 Å². The number of fused-ring (bicyclic) bond motifs is 1. The van der Waals surface area contributed by atoms with Crippen molar-refractivity contribution in [1.29, 1.82) is 0 Å². The zero-order valence-corrected chi connectivity index (χ0v) is 9.81. The molecule has 0 spiro atoms. The average Bonchev–Trinajstić information content (AvgIpc) is 2.86. The van der Waals surface area contributed by atoms with Gasteiger partial charge in [0.05, 0.1) is 11.8 Å². The Labute approximate surface area is 99.4 Å².